The maximum Gasteiger partial charge on any atom is 0.373 e. The van der Waals surface area contributed by atoms with Gasteiger partial charge < -0.3 is 20.7 Å². The molecule has 7 nitrogen and oxygen atoms in total. The lowest BCUT2D eigenvalue weighted by Gasteiger charge is -2.20. The van der Waals surface area contributed by atoms with Gasteiger partial charge in [0.05, 0.1) is 0 Å². The summed E-state index contributed by atoms with van der Waals surface area (Å²) in [4.78, 5) is 17.6. The number of hydrogen-bond acceptors (Lipinski definition) is 6. The van der Waals surface area contributed by atoms with Crippen LogP contribution >= 0.6 is 11.3 Å². The van der Waals surface area contributed by atoms with E-state index in [0.717, 1.165) is 6.42 Å². The third-order valence-electron chi connectivity index (χ3n) is 3.41. The van der Waals surface area contributed by atoms with Crippen LogP contribution in [0.3, 0.4) is 0 Å². The van der Waals surface area contributed by atoms with E-state index in [4.69, 9.17) is 5.73 Å². The van der Waals surface area contributed by atoms with Crippen LogP contribution in [0.2, 0.25) is 0 Å². The molecule has 0 radical (unpaired) electrons. The zero-order valence-corrected chi connectivity index (χ0v) is 12.6. The Labute approximate surface area is 121 Å². The third-order valence-corrected chi connectivity index (χ3v) is 4.16. The molecular formula is C12H19N5O2S. The Balaban J connectivity index is 2.21. The number of fused-ring (bicyclic) bond motifs is 1. The third kappa shape index (κ3) is 2.75. The van der Waals surface area contributed by atoms with E-state index in [1.807, 2.05) is 7.05 Å². The number of rotatable bonds is 6. The number of nitrogens with two attached hydrogens (primary N) is 1. The zero-order chi connectivity index (χ0) is 14.9. The molecule has 110 valence electrons. The maximum atomic E-state index is 11.2. The fourth-order valence-corrected chi connectivity index (χ4v) is 2.67. The van der Waals surface area contributed by atoms with Crippen molar-refractivity contribution < 1.29 is 4.92 Å². The van der Waals surface area contributed by atoms with Crippen LogP contribution in [0.25, 0.3) is 4.96 Å². The number of nitrogens with zero attached hydrogens (tertiary/aromatic N) is 4. The number of nitro groups is 1. The largest absolute Gasteiger partial charge is 0.373 e. The lowest BCUT2D eigenvalue weighted by Crippen LogP contribution is -2.32. The summed E-state index contributed by atoms with van der Waals surface area (Å²) >= 11 is 1.38. The minimum Gasteiger partial charge on any atom is -0.358 e. The standard InChI is InChI=1S/C12H19N5O2S/c1-8(2)9(13)4-5-15(3)10-11(17(18)19)16-6-7-20-12(16)14-10/h6-9H,4-5,13H2,1-3H3. The molecule has 0 aliphatic carbocycles. The van der Waals surface area contributed by atoms with Gasteiger partial charge in [0.25, 0.3) is 4.96 Å². The lowest BCUT2D eigenvalue weighted by atomic mass is 10.0. The van der Waals surface area contributed by atoms with Crippen LogP contribution in [0.15, 0.2) is 11.6 Å². The summed E-state index contributed by atoms with van der Waals surface area (Å²) in [6.07, 6.45) is 2.44. The SMILES string of the molecule is CC(C)C(N)CCN(C)c1nc2sccn2c1[N+](=O)[O-]. The Morgan fingerprint density at radius 3 is 2.90 bits per heavy atom. The van der Waals surface area contributed by atoms with Gasteiger partial charge in [0.2, 0.25) is 5.82 Å². The van der Waals surface area contributed by atoms with Crippen LogP contribution in [0.1, 0.15) is 20.3 Å². The molecule has 2 heterocycles. The van der Waals surface area contributed by atoms with Crippen LogP contribution < -0.4 is 10.6 Å². The lowest BCUT2D eigenvalue weighted by molar-refractivity contribution is -0.389. The monoisotopic (exact) mass is 297 g/mol. The van der Waals surface area contributed by atoms with E-state index in [1.54, 1.807) is 16.5 Å². The molecule has 2 N–H and O–H groups in total. The average molecular weight is 297 g/mol. The summed E-state index contributed by atoms with van der Waals surface area (Å²) in [6, 6.07) is 0.0836. The molecule has 0 aliphatic heterocycles. The van der Waals surface area contributed by atoms with Gasteiger partial charge >= 0.3 is 5.82 Å². The molecule has 1 unspecified atom stereocenters. The summed E-state index contributed by atoms with van der Waals surface area (Å²) in [6.45, 7) is 4.78. The molecule has 0 amide bonds. The van der Waals surface area contributed by atoms with Gasteiger partial charge in [0.15, 0.2) is 0 Å². The summed E-state index contributed by atoms with van der Waals surface area (Å²) in [5.74, 6) is 0.809. The second-order valence-corrected chi connectivity index (χ2v) is 6.06. The van der Waals surface area contributed by atoms with Crippen molar-refractivity contribution in [3.8, 4) is 0 Å². The molecule has 0 fully saturated rings. The smallest absolute Gasteiger partial charge is 0.358 e. The average Bonchev–Trinajstić information content (AvgIpc) is 2.94. The molecule has 0 aliphatic rings. The summed E-state index contributed by atoms with van der Waals surface area (Å²) < 4.78 is 1.51. The Hall–Kier alpha value is -1.67. The molecule has 0 bridgehead atoms. The highest BCUT2D eigenvalue weighted by Crippen LogP contribution is 2.30. The first kappa shape index (κ1) is 14.7. The normalized spacial score (nSPS) is 13.1. The van der Waals surface area contributed by atoms with E-state index in [9.17, 15) is 10.1 Å². The van der Waals surface area contributed by atoms with E-state index in [0.29, 0.717) is 23.2 Å². The van der Waals surface area contributed by atoms with Crippen molar-refractivity contribution >= 4 is 27.9 Å². The summed E-state index contributed by atoms with van der Waals surface area (Å²) in [5, 5.41) is 13.0. The van der Waals surface area contributed by atoms with E-state index in [-0.39, 0.29) is 16.8 Å². The van der Waals surface area contributed by atoms with Crippen LogP contribution in [0, 0.1) is 16.0 Å². The van der Waals surface area contributed by atoms with Gasteiger partial charge in [-0.2, -0.15) is 9.38 Å². The van der Waals surface area contributed by atoms with Crippen molar-refractivity contribution in [1.82, 2.24) is 9.38 Å². The van der Waals surface area contributed by atoms with Crippen LogP contribution in [0.5, 0.6) is 0 Å². The van der Waals surface area contributed by atoms with Crippen molar-refractivity contribution in [3.63, 3.8) is 0 Å². The number of anilines is 1. The Morgan fingerprint density at radius 2 is 2.30 bits per heavy atom. The summed E-state index contributed by atoms with van der Waals surface area (Å²) in [7, 11) is 1.81. The highest BCUT2D eigenvalue weighted by molar-refractivity contribution is 7.15. The molecule has 0 spiro atoms. The topological polar surface area (TPSA) is 89.7 Å². The van der Waals surface area contributed by atoms with Gasteiger partial charge in [-0.1, -0.05) is 25.2 Å². The highest BCUT2D eigenvalue weighted by Gasteiger charge is 2.26. The first-order valence-electron chi connectivity index (χ1n) is 6.48. The second-order valence-electron chi connectivity index (χ2n) is 5.19. The first-order valence-corrected chi connectivity index (χ1v) is 7.36. The molecule has 1 atom stereocenters. The summed E-state index contributed by atoms with van der Waals surface area (Å²) in [5.41, 5.74) is 6.01. The van der Waals surface area contributed by atoms with Crippen molar-refractivity contribution in [2.75, 3.05) is 18.5 Å². The predicted molar refractivity (Wildman–Crippen MR) is 80.4 cm³/mol. The minimum absolute atomic E-state index is 0.0156. The Morgan fingerprint density at radius 1 is 1.60 bits per heavy atom. The highest BCUT2D eigenvalue weighted by atomic mass is 32.1. The molecule has 2 rings (SSSR count). The van der Waals surface area contributed by atoms with E-state index >= 15 is 0 Å². The molecule has 0 saturated carbocycles. The zero-order valence-electron chi connectivity index (χ0n) is 11.8. The van der Waals surface area contributed by atoms with Crippen LogP contribution in [0.4, 0.5) is 11.6 Å². The van der Waals surface area contributed by atoms with Crippen LogP contribution in [-0.2, 0) is 0 Å². The number of thiazole rings is 1. The van der Waals surface area contributed by atoms with Gasteiger partial charge in [-0.05, 0) is 17.3 Å². The van der Waals surface area contributed by atoms with Crippen molar-refractivity contribution in [2.24, 2.45) is 11.7 Å². The van der Waals surface area contributed by atoms with Gasteiger partial charge in [-0.25, -0.2) is 0 Å². The Kier molecular flexibility index (Phi) is 4.24. The number of imidazole rings is 1. The fourth-order valence-electron chi connectivity index (χ4n) is 1.97. The minimum atomic E-state index is -0.388. The molecule has 8 heteroatoms. The Bertz CT molecular complexity index is 606. The van der Waals surface area contributed by atoms with Crippen molar-refractivity contribution in [2.45, 2.75) is 26.3 Å². The van der Waals surface area contributed by atoms with Crippen molar-refractivity contribution in [3.05, 3.63) is 21.7 Å². The van der Waals surface area contributed by atoms with E-state index < -0.39 is 0 Å². The van der Waals surface area contributed by atoms with Gasteiger partial charge in [-0.15, -0.1) is 0 Å². The maximum absolute atomic E-state index is 11.2. The first-order chi connectivity index (χ1) is 9.41. The van der Waals surface area contributed by atoms with E-state index in [2.05, 4.69) is 18.8 Å². The number of aromatic nitrogens is 2. The molecule has 2 aromatic rings. The second kappa shape index (κ2) is 5.76. The van der Waals surface area contributed by atoms with Crippen LogP contribution in [-0.4, -0.2) is 33.9 Å². The molecule has 2 aromatic heterocycles. The van der Waals surface area contributed by atoms with E-state index in [1.165, 1.54) is 15.7 Å². The van der Waals surface area contributed by atoms with Gasteiger partial charge in [-0.3, -0.25) is 0 Å². The molecule has 0 aromatic carbocycles. The van der Waals surface area contributed by atoms with Crippen molar-refractivity contribution in [1.29, 1.82) is 0 Å². The predicted octanol–water partition coefficient (Wildman–Crippen LogP) is 2.11. The fraction of sp³-hybridized carbons (Fsp3) is 0.583. The van der Waals surface area contributed by atoms with Gasteiger partial charge in [0, 0.05) is 25.0 Å². The molecular weight excluding hydrogens is 278 g/mol. The number of hydrogen-bond donors (Lipinski definition) is 1. The molecule has 0 saturated heterocycles. The molecule has 20 heavy (non-hydrogen) atoms. The van der Waals surface area contributed by atoms with Gasteiger partial charge in [0.1, 0.15) is 6.20 Å². The quantitative estimate of drug-likeness (QED) is 0.651.